The summed E-state index contributed by atoms with van der Waals surface area (Å²) in [6.07, 6.45) is -2.89. The first-order valence-electron chi connectivity index (χ1n) is 8.00. The number of halogens is 3. The van der Waals surface area contributed by atoms with Crippen molar-refractivity contribution in [1.29, 1.82) is 0 Å². The molecule has 0 bridgehead atoms. The Balaban J connectivity index is 1.81. The number of benzene rings is 2. The molecule has 2 rings (SSSR count). The molecular weight excluding hydrogens is 315 g/mol. The van der Waals surface area contributed by atoms with Crippen molar-refractivity contribution >= 4 is 0 Å². The number of alkyl halides is 3. The third kappa shape index (κ3) is 5.65. The predicted molar refractivity (Wildman–Crippen MR) is 88.5 cm³/mol. The highest BCUT2D eigenvalue weighted by Crippen LogP contribution is 2.29. The van der Waals surface area contributed by atoms with E-state index in [1.54, 1.807) is 6.07 Å². The van der Waals surface area contributed by atoms with E-state index in [4.69, 9.17) is 5.73 Å². The van der Waals surface area contributed by atoms with Gasteiger partial charge in [-0.3, -0.25) is 0 Å². The molecule has 2 atom stereocenters. The molecule has 0 spiro atoms. The Morgan fingerprint density at radius 2 is 1.62 bits per heavy atom. The Labute approximate surface area is 140 Å². The van der Waals surface area contributed by atoms with Crippen LogP contribution in [0.4, 0.5) is 13.2 Å². The summed E-state index contributed by atoms with van der Waals surface area (Å²) in [7, 11) is 0. The highest BCUT2D eigenvalue weighted by Gasteiger charge is 2.30. The fraction of sp³-hybridized carbons (Fsp3) is 0.368. The van der Waals surface area contributed by atoms with Gasteiger partial charge in [-0.05, 0) is 42.9 Å². The summed E-state index contributed by atoms with van der Waals surface area (Å²) >= 11 is 0. The van der Waals surface area contributed by atoms with E-state index >= 15 is 0 Å². The van der Waals surface area contributed by atoms with Crippen LogP contribution in [0.3, 0.4) is 0 Å². The van der Waals surface area contributed by atoms with Crippen LogP contribution in [0.2, 0.25) is 0 Å². The van der Waals surface area contributed by atoms with Gasteiger partial charge in [0, 0.05) is 6.04 Å². The molecule has 130 valence electrons. The maximum Gasteiger partial charge on any atom is 0.416 e. The SMILES string of the molecule is N[C@@H](Cc1ccccc1)[C@H](O)CCCc1cccc(C(F)(F)F)c1. The third-order valence-corrected chi connectivity index (χ3v) is 4.03. The lowest BCUT2D eigenvalue weighted by Crippen LogP contribution is -2.36. The molecule has 2 aromatic rings. The smallest absolute Gasteiger partial charge is 0.392 e. The molecule has 0 aliphatic rings. The van der Waals surface area contributed by atoms with E-state index in [2.05, 4.69) is 0 Å². The van der Waals surface area contributed by atoms with Crippen molar-refractivity contribution < 1.29 is 18.3 Å². The Bertz CT molecular complexity index is 628. The maximum atomic E-state index is 12.7. The van der Waals surface area contributed by atoms with Crippen LogP contribution >= 0.6 is 0 Å². The van der Waals surface area contributed by atoms with E-state index in [0.29, 0.717) is 31.2 Å². The first kappa shape index (κ1) is 18.5. The zero-order valence-corrected chi connectivity index (χ0v) is 13.3. The summed E-state index contributed by atoms with van der Waals surface area (Å²) in [4.78, 5) is 0. The molecule has 2 aromatic carbocycles. The third-order valence-electron chi connectivity index (χ3n) is 4.03. The van der Waals surface area contributed by atoms with Crippen LogP contribution in [0.5, 0.6) is 0 Å². The molecule has 0 unspecified atom stereocenters. The summed E-state index contributed by atoms with van der Waals surface area (Å²) < 4.78 is 38.0. The number of rotatable bonds is 7. The van der Waals surface area contributed by atoms with Crippen LogP contribution in [-0.4, -0.2) is 17.3 Å². The lowest BCUT2D eigenvalue weighted by Gasteiger charge is -2.19. The average molecular weight is 337 g/mol. The van der Waals surface area contributed by atoms with E-state index in [9.17, 15) is 18.3 Å². The number of nitrogens with two attached hydrogens (primary N) is 1. The lowest BCUT2D eigenvalue weighted by atomic mass is 9.97. The van der Waals surface area contributed by atoms with Crippen LogP contribution in [0.15, 0.2) is 54.6 Å². The van der Waals surface area contributed by atoms with Crippen LogP contribution in [-0.2, 0) is 19.0 Å². The molecule has 0 aromatic heterocycles. The molecule has 0 fully saturated rings. The van der Waals surface area contributed by atoms with Gasteiger partial charge >= 0.3 is 6.18 Å². The Morgan fingerprint density at radius 3 is 2.29 bits per heavy atom. The topological polar surface area (TPSA) is 46.2 Å². The quantitative estimate of drug-likeness (QED) is 0.803. The second kappa shape index (κ2) is 8.31. The first-order chi connectivity index (χ1) is 11.4. The van der Waals surface area contributed by atoms with E-state index in [-0.39, 0.29) is 6.04 Å². The molecule has 24 heavy (non-hydrogen) atoms. The van der Waals surface area contributed by atoms with Crippen molar-refractivity contribution in [3.8, 4) is 0 Å². The fourth-order valence-electron chi connectivity index (χ4n) is 2.65. The zero-order chi connectivity index (χ0) is 17.6. The Kier molecular flexibility index (Phi) is 6.40. The standard InChI is InChI=1S/C19H22F3NO/c20-19(21,22)16-10-4-8-14(12-16)9-5-11-18(24)17(23)13-15-6-2-1-3-7-15/h1-4,6-8,10,12,17-18,24H,5,9,11,13,23H2/t17-,18+/m0/s1. The molecule has 0 aliphatic carbocycles. The van der Waals surface area contributed by atoms with Crippen molar-refractivity contribution in [1.82, 2.24) is 0 Å². The minimum absolute atomic E-state index is 0.381. The van der Waals surface area contributed by atoms with Gasteiger partial charge in [0.25, 0.3) is 0 Å². The summed E-state index contributed by atoms with van der Waals surface area (Å²) in [5.41, 5.74) is 7.05. The number of aryl methyl sites for hydroxylation is 1. The summed E-state index contributed by atoms with van der Waals surface area (Å²) in [6, 6.07) is 14.6. The van der Waals surface area contributed by atoms with Gasteiger partial charge in [0.15, 0.2) is 0 Å². The van der Waals surface area contributed by atoms with Gasteiger partial charge in [-0.1, -0.05) is 48.5 Å². The van der Waals surface area contributed by atoms with Gasteiger partial charge < -0.3 is 10.8 Å². The van der Waals surface area contributed by atoms with Crippen molar-refractivity contribution in [2.45, 2.75) is 44.0 Å². The zero-order valence-electron chi connectivity index (χ0n) is 13.3. The average Bonchev–Trinajstić information content (AvgIpc) is 2.55. The first-order valence-corrected chi connectivity index (χ1v) is 8.00. The minimum Gasteiger partial charge on any atom is -0.392 e. The van der Waals surface area contributed by atoms with Gasteiger partial charge in [-0.25, -0.2) is 0 Å². The van der Waals surface area contributed by atoms with E-state index in [1.165, 1.54) is 6.07 Å². The maximum absolute atomic E-state index is 12.7. The monoisotopic (exact) mass is 337 g/mol. The number of hydrogen-bond donors (Lipinski definition) is 2. The van der Waals surface area contributed by atoms with Gasteiger partial charge in [-0.2, -0.15) is 13.2 Å². The number of aliphatic hydroxyl groups is 1. The van der Waals surface area contributed by atoms with Crippen molar-refractivity contribution in [2.24, 2.45) is 5.73 Å². The molecule has 2 nitrogen and oxygen atoms in total. The Hall–Kier alpha value is -1.85. The van der Waals surface area contributed by atoms with Crippen LogP contribution in [0, 0.1) is 0 Å². The van der Waals surface area contributed by atoms with Crippen LogP contribution in [0.1, 0.15) is 29.5 Å². The molecule has 0 heterocycles. The molecular formula is C19H22F3NO. The van der Waals surface area contributed by atoms with Gasteiger partial charge in [0.2, 0.25) is 0 Å². The van der Waals surface area contributed by atoms with Gasteiger partial charge in [-0.15, -0.1) is 0 Å². The van der Waals surface area contributed by atoms with Crippen LogP contribution < -0.4 is 5.73 Å². The van der Waals surface area contributed by atoms with Crippen molar-refractivity contribution in [2.75, 3.05) is 0 Å². The largest absolute Gasteiger partial charge is 0.416 e. The molecule has 0 saturated heterocycles. The summed E-state index contributed by atoms with van der Waals surface area (Å²) in [6.45, 7) is 0. The van der Waals surface area contributed by atoms with E-state index in [0.717, 1.165) is 17.7 Å². The molecule has 0 aliphatic heterocycles. The van der Waals surface area contributed by atoms with Crippen LogP contribution in [0.25, 0.3) is 0 Å². The number of aliphatic hydroxyl groups excluding tert-OH is 1. The normalized spacial score (nSPS) is 14.4. The summed E-state index contributed by atoms with van der Waals surface area (Å²) in [5, 5.41) is 10.1. The highest BCUT2D eigenvalue weighted by molar-refractivity contribution is 5.25. The van der Waals surface area contributed by atoms with E-state index < -0.39 is 17.8 Å². The molecule has 0 saturated carbocycles. The minimum atomic E-state index is -4.33. The summed E-state index contributed by atoms with van der Waals surface area (Å²) in [5.74, 6) is 0. The fourth-order valence-corrected chi connectivity index (χ4v) is 2.65. The van der Waals surface area contributed by atoms with Crippen molar-refractivity contribution in [3.05, 3.63) is 71.3 Å². The molecule has 0 radical (unpaired) electrons. The van der Waals surface area contributed by atoms with E-state index in [1.807, 2.05) is 30.3 Å². The Morgan fingerprint density at radius 1 is 0.958 bits per heavy atom. The molecule has 5 heteroatoms. The lowest BCUT2D eigenvalue weighted by molar-refractivity contribution is -0.137. The van der Waals surface area contributed by atoms with Gasteiger partial charge in [0.1, 0.15) is 0 Å². The molecule has 0 amide bonds. The van der Waals surface area contributed by atoms with Gasteiger partial charge in [0.05, 0.1) is 11.7 Å². The molecule has 3 N–H and O–H groups in total. The van der Waals surface area contributed by atoms with Crippen molar-refractivity contribution in [3.63, 3.8) is 0 Å². The second-order valence-electron chi connectivity index (χ2n) is 6.01. The highest BCUT2D eigenvalue weighted by atomic mass is 19.4. The predicted octanol–water partition coefficient (Wildman–Crippen LogP) is 3.96. The number of hydrogen-bond acceptors (Lipinski definition) is 2. The second-order valence-corrected chi connectivity index (χ2v) is 6.01.